The fraction of sp³-hybridized carbons (Fsp3) is 0.465. The molecule has 2 aromatic rings. The first-order valence-corrected chi connectivity index (χ1v) is 20.6. The normalized spacial score (nSPS) is 17.7. The van der Waals surface area contributed by atoms with E-state index in [0.717, 1.165) is 44.1 Å². The third-order valence-corrected chi connectivity index (χ3v) is 12.7. The Morgan fingerprint density at radius 3 is 2.42 bits per heavy atom. The number of imide groups is 1. The number of hydrogen-bond acceptors (Lipinski definition) is 8. The number of sulfonamides is 1. The monoisotopic (exact) mass is 768 g/mol. The minimum absolute atomic E-state index is 0.0709. The molecule has 0 aromatic heterocycles. The lowest BCUT2D eigenvalue weighted by Crippen LogP contribution is -2.41. The SMILES string of the molecule is [CH2-]CCCN(CC(=O)ON1C(=O)CCC1=O)S(=O)(=O)c1c2c(cc3c(-c4ccccc4C)c4cc(C(C)CC(C)C)c(=N)c(C)c-4oc13)C(C)CC(C)(C)[N-]2. The number of hydroxylamine groups is 2. The second-order valence-electron chi connectivity index (χ2n) is 16.3. The van der Waals surface area contributed by atoms with Crippen LogP contribution in [0.25, 0.3) is 38.7 Å². The minimum Gasteiger partial charge on any atom is -0.678 e. The number of carbonyl (C=O) groups excluding carboxylic acids is 3. The molecule has 0 radical (unpaired) electrons. The van der Waals surface area contributed by atoms with E-state index < -0.39 is 39.9 Å². The highest BCUT2D eigenvalue weighted by Gasteiger charge is 2.38. The fourth-order valence-electron chi connectivity index (χ4n) is 8.27. The van der Waals surface area contributed by atoms with Gasteiger partial charge in [0.2, 0.25) is 10.0 Å². The molecular formula is C43H52N4O7S-2. The maximum absolute atomic E-state index is 15.4. The van der Waals surface area contributed by atoms with Crippen molar-refractivity contribution in [2.24, 2.45) is 5.92 Å². The Balaban J connectivity index is 1.70. The average molecular weight is 769 g/mol. The van der Waals surface area contributed by atoms with Crippen LogP contribution in [-0.2, 0) is 29.2 Å². The van der Waals surface area contributed by atoms with Crippen molar-refractivity contribution >= 4 is 44.5 Å². The van der Waals surface area contributed by atoms with Gasteiger partial charge >= 0.3 is 5.97 Å². The molecule has 0 spiro atoms. The highest BCUT2D eigenvalue weighted by atomic mass is 32.2. The Kier molecular flexibility index (Phi) is 11.1. The first kappa shape index (κ1) is 40.1. The van der Waals surface area contributed by atoms with E-state index in [1.165, 1.54) is 0 Å². The summed E-state index contributed by atoms with van der Waals surface area (Å²) in [6.07, 6.45) is 2.06. The highest BCUT2D eigenvalue weighted by molar-refractivity contribution is 7.89. The molecule has 0 bridgehead atoms. The van der Waals surface area contributed by atoms with Crippen molar-refractivity contribution in [2.75, 3.05) is 13.1 Å². The summed E-state index contributed by atoms with van der Waals surface area (Å²) >= 11 is 0. The number of unbranched alkanes of at least 4 members (excludes halogenated alkanes) is 1. The van der Waals surface area contributed by atoms with Crippen LogP contribution in [0.3, 0.4) is 0 Å². The van der Waals surface area contributed by atoms with Crippen molar-refractivity contribution in [3.05, 3.63) is 76.2 Å². The van der Waals surface area contributed by atoms with Gasteiger partial charge in [-0.2, -0.15) is 10.7 Å². The van der Waals surface area contributed by atoms with Gasteiger partial charge in [0, 0.05) is 41.5 Å². The molecule has 1 saturated heterocycles. The zero-order chi connectivity index (χ0) is 40.1. The number of benzene rings is 3. The summed E-state index contributed by atoms with van der Waals surface area (Å²) in [4.78, 5) is 42.9. The molecule has 55 heavy (non-hydrogen) atoms. The third kappa shape index (κ3) is 7.55. The molecule has 1 fully saturated rings. The number of carbonyl (C=O) groups is 3. The van der Waals surface area contributed by atoms with Crippen LogP contribution in [0.1, 0.15) is 114 Å². The lowest BCUT2D eigenvalue weighted by molar-refractivity contribution is -0.197. The topological polar surface area (TPSA) is 152 Å². The molecule has 4 aliphatic rings. The molecular weight excluding hydrogens is 717 g/mol. The smallest absolute Gasteiger partial charge is 0.348 e. The molecule has 3 heterocycles. The van der Waals surface area contributed by atoms with Crippen LogP contribution < -0.4 is 5.36 Å². The zero-order valence-corrected chi connectivity index (χ0v) is 34.0. The Morgan fingerprint density at radius 1 is 1.11 bits per heavy atom. The van der Waals surface area contributed by atoms with Gasteiger partial charge < -0.3 is 26.9 Å². The van der Waals surface area contributed by atoms with Gasteiger partial charge in [0.05, 0.1) is 5.36 Å². The van der Waals surface area contributed by atoms with Crippen molar-refractivity contribution < 1.29 is 32.1 Å². The quantitative estimate of drug-likeness (QED) is 0.0858. The van der Waals surface area contributed by atoms with Crippen LogP contribution in [0.4, 0.5) is 5.69 Å². The Labute approximate surface area is 324 Å². The van der Waals surface area contributed by atoms with Gasteiger partial charge in [-0.25, -0.2) is 13.2 Å². The van der Waals surface area contributed by atoms with Crippen molar-refractivity contribution in [3.63, 3.8) is 0 Å². The predicted molar refractivity (Wildman–Crippen MR) is 212 cm³/mol. The van der Waals surface area contributed by atoms with Crippen molar-refractivity contribution in [3.8, 4) is 22.5 Å². The molecule has 1 N–H and O–H groups in total. The summed E-state index contributed by atoms with van der Waals surface area (Å²) in [6, 6.07) is 12.0. The van der Waals surface area contributed by atoms with Gasteiger partial charge in [-0.1, -0.05) is 84.2 Å². The van der Waals surface area contributed by atoms with E-state index in [1.54, 1.807) is 0 Å². The molecule has 2 atom stereocenters. The summed E-state index contributed by atoms with van der Waals surface area (Å²) in [5, 5.41) is 15.7. The second-order valence-corrected chi connectivity index (χ2v) is 18.2. The maximum Gasteiger partial charge on any atom is 0.348 e. The standard InChI is InChI=1S/C43H52N4O7S/c1-10-11-18-46(23-36(50)54-47-34(48)16-17-35(47)49)55(51,52)42-39-31(27(6)22-43(8,9)45-39)21-33-37(29-15-13-12-14-25(29)4)32-20-30(26(5)19-24(2)3)38(44)28(7)40(32)53-41(33)42/h12-15,20-21,24,26-27H,1,10-11,16-19,22-23H2,2-9H3,(H-,44,45)/q-2. The number of rotatable bonds is 12. The maximum atomic E-state index is 15.4. The van der Waals surface area contributed by atoms with Gasteiger partial charge in [0.25, 0.3) is 11.8 Å². The molecule has 2 amide bonds. The Bertz CT molecular complexity index is 2310. The number of hydrogen-bond donors (Lipinski definition) is 1. The van der Waals surface area contributed by atoms with E-state index in [2.05, 4.69) is 34.6 Å². The summed E-state index contributed by atoms with van der Waals surface area (Å²) < 4.78 is 38.6. The molecule has 0 saturated carbocycles. The fourth-order valence-corrected chi connectivity index (χ4v) is 9.96. The number of nitrogens with one attached hydrogen (secondary N) is 1. The average Bonchev–Trinajstić information content (AvgIpc) is 3.41. The van der Waals surface area contributed by atoms with E-state index in [4.69, 9.17) is 14.6 Å². The highest BCUT2D eigenvalue weighted by Crippen LogP contribution is 2.55. The van der Waals surface area contributed by atoms with Crippen LogP contribution in [0.5, 0.6) is 0 Å². The lowest BCUT2D eigenvalue weighted by Gasteiger charge is -2.51. The van der Waals surface area contributed by atoms with Crippen LogP contribution in [0, 0.1) is 32.1 Å². The van der Waals surface area contributed by atoms with Crippen LogP contribution in [-0.4, -0.2) is 54.2 Å². The Hall–Kier alpha value is -4.55. The van der Waals surface area contributed by atoms with E-state index in [-0.39, 0.29) is 47.4 Å². The molecule has 6 rings (SSSR count). The van der Waals surface area contributed by atoms with Crippen LogP contribution >= 0.6 is 0 Å². The van der Waals surface area contributed by atoms with Crippen molar-refractivity contribution in [2.45, 2.75) is 116 Å². The molecule has 1 aliphatic carbocycles. The van der Waals surface area contributed by atoms with Gasteiger partial charge in [0.15, 0.2) is 5.58 Å². The van der Waals surface area contributed by atoms with Crippen molar-refractivity contribution in [1.29, 1.82) is 5.41 Å². The number of fused-ring (bicyclic) bond motifs is 3. The van der Waals surface area contributed by atoms with Gasteiger partial charge in [-0.3, -0.25) is 9.59 Å². The number of aryl methyl sites for hydroxylation is 1. The summed E-state index contributed by atoms with van der Waals surface area (Å²) in [6.45, 7) is 19.3. The zero-order valence-electron chi connectivity index (χ0n) is 33.2. The van der Waals surface area contributed by atoms with E-state index in [1.807, 2.05) is 64.1 Å². The molecule has 11 nitrogen and oxygen atoms in total. The van der Waals surface area contributed by atoms with E-state index in [0.29, 0.717) is 52.3 Å². The molecule has 2 unspecified atom stereocenters. The van der Waals surface area contributed by atoms with Crippen molar-refractivity contribution in [1.82, 2.24) is 9.37 Å². The number of nitrogens with zero attached hydrogens (tertiary/aromatic N) is 3. The van der Waals surface area contributed by atoms with Gasteiger partial charge in [0.1, 0.15) is 17.2 Å². The predicted octanol–water partition coefficient (Wildman–Crippen LogP) is 8.95. The largest absolute Gasteiger partial charge is 0.678 e. The summed E-state index contributed by atoms with van der Waals surface area (Å²) in [7, 11) is -4.62. The second kappa shape index (κ2) is 15.2. The molecule has 294 valence electrons. The van der Waals surface area contributed by atoms with Gasteiger partial charge in [-0.15, -0.1) is 16.3 Å². The molecule has 12 heteroatoms. The molecule has 2 aromatic carbocycles. The Morgan fingerprint density at radius 2 is 1.78 bits per heavy atom. The number of amides is 2. The first-order valence-electron chi connectivity index (χ1n) is 19.2. The van der Waals surface area contributed by atoms with E-state index in [9.17, 15) is 19.8 Å². The summed E-state index contributed by atoms with van der Waals surface area (Å²) in [5.74, 6) is -1.60. The molecule has 3 aliphatic heterocycles. The van der Waals surface area contributed by atoms with Crippen LogP contribution in [0.2, 0.25) is 0 Å². The lowest BCUT2D eigenvalue weighted by atomic mass is 9.80. The first-order chi connectivity index (χ1) is 25.9. The van der Waals surface area contributed by atoms with E-state index >= 15 is 8.42 Å². The minimum atomic E-state index is -4.62. The third-order valence-electron chi connectivity index (χ3n) is 10.8. The van der Waals surface area contributed by atoms with Gasteiger partial charge in [-0.05, 0) is 66.8 Å². The summed E-state index contributed by atoms with van der Waals surface area (Å²) in [5.41, 5.74) is 5.38. The van der Waals surface area contributed by atoms with Crippen LogP contribution in [0.15, 0.2) is 45.7 Å².